The molecular weight excluding hydrogens is 200 g/mol. The summed E-state index contributed by atoms with van der Waals surface area (Å²) in [6.07, 6.45) is 11.0. The van der Waals surface area contributed by atoms with Crippen molar-refractivity contribution in [1.29, 1.82) is 0 Å². The molecule has 0 aromatic heterocycles. The first-order valence-corrected chi connectivity index (χ1v) is 6.63. The summed E-state index contributed by atoms with van der Waals surface area (Å²) in [5, 5.41) is 0. The van der Waals surface area contributed by atoms with Crippen molar-refractivity contribution in [3.8, 4) is 0 Å². The molecule has 2 rings (SSSR count). The number of carbonyl (C=O) groups is 1. The van der Waals surface area contributed by atoms with Gasteiger partial charge in [0.15, 0.2) is 0 Å². The molecule has 1 unspecified atom stereocenters. The number of carbonyl (C=O) groups excluding carboxylic acids is 1. The minimum atomic E-state index is 0.000188. The molecule has 2 heteroatoms. The topological polar surface area (TPSA) is 26.3 Å². The van der Waals surface area contributed by atoms with E-state index >= 15 is 0 Å². The van der Waals surface area contributed by atoms with E-state index in [9.17, 15) is 4.79 Å². The molecule has 0 amide bonds. The van der Waals surface area contributed by atoms with Crippen LogP contribution in [0, 0.1) is 17.8 Å². The van der Waals surface area contributed by atoms with Gasteiger partial charge in [-0.15, -0.1) is 0 Å². The average Bonchev–Trinajstić information content (AvgIpc) is 2.88. The van der Waals surface area contributed by atoms with Gasteiger partial charge in [0, 0.05) is 6.42 Å². The molecule has 3 atom stereocenters. The number of ether oxygens (including phenoxy) is 1. The van der Waals surface area contributed by atoms with E-state index in [-0.39, 0.29) is 5.97 Å². The summed E-state index contributed by atoms with van der Waals surface area (Å²) in [7, 11) is 0. The van der Waals surface area contributed by atoms with Crippen molar-refractivity contribution in [3.63, 3.8) is 0 Å². The van der Waals surface area contributed by atoms with Crippen molar-refractivity contribution < 1.29 is 9.53 Å². The smallest absolute Gasteiger partial charge is 0.305 e. The normalized spacial score (nSPS) is 30.9. The zero-order valence-electron chi connectivity index (χ0n) is 10.2. The lowest BCUT2D eigenvalue weighted by molar-refractivity contribution is -0.145. The monoisotopic (exact) mass is 222 g/mol. The predicted molar refractivity (Wildman–Crippen MR) is 63.9 cm³/mol. The van der Waals surface area contributed by atoms with Gasteiger partial charge in [0.25, 0.3) is 0 Å². The number of hydrogen-bond donors (Lipinski definition) is 0. The number of unbranched alkanes of at least 4 members (excludes halogenated alkanes) is 2. The lowest BCUT2D eigenvalue weighted by atomic mass is 9.95. The van der Waals surface area contributed by atoms with Gasteiger partial charge in [-0.25, -0.2) is 0 Å². The molecule has 2 aliphatic rings. The van der Waals surface area contributed by atoms with Crippen molar-refractivity contribution in [2.45, 2.75) is 45.4 Å². The fraction of sp³-hybridized carbons (Fsp3) is 0.786. The molecule has 0 aromatic rings. The standard InChI is InChI=1S/C14H22O2/c1-2-3-4-5-14(15)16-10-13-9-11-6-7-12(13)8-11/h6-7,11-13H,2-5,8-10H2,1H3/t11-,12+,13?/m0/s1. The third-order valence-electron chi connectivity index (χ3n) is 3.86. The molecule has 0 saturated heterocycles. The minimum absolute atomic E-state index is 0.000188. The molecule has 1 fully saturated rings. The van der Waals surface area contributed by atoms with E-state index in [4.69, 9.17) is 4.74 Å². The fourth-order valence-corrected chi connectivity index (χ4v) is 2.88. The van der Waals surface area contributed by atoms with E-state index in [0.29, 0.717) is 24.9 Å². The number of allylic oxidation sites excluding steroid dienone is 2. The fourth-order valence-electron chi connectivity index (χ4n) is 2.88. The van der Waals surface area contributed by atoms with Crippen molar-refractivity contribution in [1.82, 2.24) is 0 Å². The molecule has 0 aromatic carbocycles. The van der Waals surface area contributed by atoms with E-state index in [1.165, 1.54) is 12.8 Å². The summed E-state index contributed by atoms with van der Waals surface area (Å²) in [6, 6.07) is 0. The second-order valence-electron chi connectivity index (χ2n) is 5.18. The zero-order chi connectivity index (χ0) is 11.4. The molecule has 16 heavy (non-hydrogen) atoms. The quantitative estimate of drug-likeness (QED) is 0.391. The van der Waals surface area contributed by atoms with Crippen LogP contribution >= 0.6 is 0 Å². The van der Waals surface area contributed by atoms with Gasteiger partial charge < -0.3 is 4.74 Å². The maximum Gasteiger partial charge on any atom is 0.305 e. The van der Waals surface area contributed by atoms with E-state index in [2.05, 4.69) is 19.1 Å². The number of esters is 1. The van der Waals surface area contributed by atoms with Crippen LogP contribution in [0.5, 0.6) is 0 Å². The highest BCUT2D eigenvalue weighted by Gasteiger charge is 2.36. The van der Waals surface area contributed by atoms with Gasteiger partial charge in [0.05, 0.1) is 6.61 Å². The number of fused-ring (bicyclic) bond motifs is 2. The highest BCUT2D eigenvalue weighted by molar-refractivity contribution is 5.69. The van der Waals surface area contributed by atoms with Gasteiger partial charge in [0.1, 0.15) is 0 Å². The SMILES string of the molecule is CCCCCC(=O)OCC1C[C@H]2C=C[C@@H]1C2. The molecule has 0 spiro atoms. The van der Waals surface area contributed by atoms with Crippen LogP contribution in [0.1, 0.15) is 45.4 Å². The second kappa shape index (κ2) is 5.51. The Morgan fingerprint density at radius 3 is 2.81 bits per heavy atom. The average molecular weight is 222 g/mol. The maximum atomic E-state index is 11.4. The van der Waals surface area contributed by atoms with E-state index in [1.807, 2.05) is 0 Å². The van der Waals surface area contributed by atoms with Crippen LogP contribution in [0.25, 0.3) is 0 Å². The van der Waals surface area contributed by atoms with Crippen molar-refractivity contribution in [2.75, 3.05) is 6.61 Å². The Hall–Kier alpha value is -0.790. The van der Waals surface area contributed by atoms with Crippen molar-refractivity contribution >= 4 is 5.97 Å². The van der Waals surface area contributed by atoms with Crippen LogP contribution in [0.15, 0.2) is 12.2 Å². The van der Waals surface area contributed by atoms with Crippen LogP contribution in [0.2, 0.25) is 0 Å². The molecule has 0 aliphatic heterocycles. The first kappa shape index (κ1) is 11.7. The number of rotatable bonds is 6. The Morgan fingerprint density at radius 2 is 2.19 bits per heavy atom. The summed E-state index contributed by atoms with van der Waals surface area (Å²) < 4.78 is 5.35. The first-order valence-electron chi connectivity index (χ1n) is 6.63. The summed E-state index contributed by atoms with van der Waals surface area (Å²) in [5.74, 6) is 2.06. The van der Waals surface area contributed by atoms with Gasteiger partial charge in [-0.3, -0.25) is 4.79 Å². The van der Waals surface area contributed by atoms with Gasteiger partial charge in [-0.05, 0) is 37.0 Å². The Balaban J connectivity index is 1.61. The van der Waals surface area contributed by atoms with Crippen LogP contribution in [-0.2, 0) is 9.53 Å². The maximum absolute atomic E-state index is 11.4. The zero-order valence-corrected chi connectivity index (χ0v) is 10.2. The highest BCUT2D eigenvalue weighted by Crippen LogP contribution is 2.43. The van der Waals surface area contributed by atoms with Gasteiger partial charge in [0.2, 0.25) is 0 Å². The van der Waals surface area contributed by atoms with E-state index < -0.39 is 0 Å². The van der Waals surface area contributed by atoms with Crippen LogP contribution in [-0.4, -0.2) is 12.6 Å². The summed E-state index contributed by atoms with van der Waals surface area (Å²) in [5.41, 5.74) is 0. The molecule has 0 radical (unpaired) electrons. The van der Waals surface area contributed by atoms with Crippen LogP contribution < -0.4 is 0 Å². The summed E-state index contributed by atoms with van der Waals surface area (Å²) in [4.78, 5) is 11.4. The summed E-state index contributed by atoms with van der Waals surface area (Å²) in [6.45, 7) is 2.80. The number of hydrogen-bond acceptors (Lipinski definition) is 2. The van der Waals surface area contributed by atoms with E-state index in [1.54, 1.807) is 0 Å². The molecular formula is C14H22O2. The Kier molecular flexibility index (Phi) is 4.03. The van der Waals surface area contributed by atoms with Crippen molar-refractivity contribution in [3.05, 3.63) is 12.2 Å². The molecule has 2 nitrogen and oxygen atoms in total. The molecule has 2 aliphatic carbocycles. The summed E-state index contributed by atoms with van der Waals surface area (Å²) >= 11 is 0. The van der Waals surface area contributed by atoms with E-state index in [0.717, 1.165) is 25.2 Å². The Bertz CT molecular complexity index is 270. The Labute approximate surface area is 98.1 Å². The third kappa shape index (κ3) is 2.87. The van der Waals surface area contributed by atoms with Crippen LogP contribution in [0.4, 0.5) is 0 Å². The predicted octanol–water partition coefficient (Wildman–Crippen LogP) is 3.32. The molecule has 0 heterocycles. The largest absolute Gasteiger partial charge is 0.465 e. The molecule has 90 valence electrons. The van der Waals surface area contributed by atoms with Gasteiger partial charge in [-0.1, -0.05) is 31.9 Å². The molecule has 1 saturated carbocycles. The second-order valence-corrected chi connectivity index (χ2v) is 5.18. The minimum Gasteiger partial charge on any atom is -0.465 e. The lowest BCUT2D eigenvalue weighted by Crippen LogP contribution is -2.17. The first-order chi connectivity index (χ1) is 7.79. The Morgan fingerprint density at radius 1 is 1.31 bits per heavy atom. The molecule has 2 bridgehead atoms. The highest BCUT2D eigenvalue weighted by atomic mass is 16.5. The lowest BCUT2D eigenvalue weighted by Gasteiger charge is -2.17. The van der Waals surface area contributed by atoms with Crippen LogP contribution in [0.3, 0.4) is 0 Å². The third-order valence-corrected chi connectivity index (χ3v) is 3.86. The van der Waals surface area contributed by atoms with Gasteiger partial charge in [-0.2, -0.15) is 0 Å². The van der Waals surface area contributed by atoms with Gasteiger partial charge >= 0.3 is 5.97 Å². The molecule has 0 N–H and O–H groups in total. The van der Waals surface area contributed by atoms with Crippen molar-refractivity contribution in [2.24, 2.45) is 17.8 Å².